The third-order valence-corrected chi connectivity index (χ3v) is 5.44. The smallest absolute Gasteiger partial charge is 0.221 e. The summed E-state index contributed by atoms with van der Waals surface area (Å²) < 4.78 is 5.56. The van der Waals surface area contributed by atoms with Crippen molar-refractivity contribution in [2.75, 3.05) is 13.2 Å². The summed E-state index contributed by atoms with van der Waals surface area (Å²) >= 11 is 0. The van der Waals surface area contributed by atoms with E-state index >= 15 is 0 Å². The summed E-state index contributed by atoms with van der Waals surface area (Å²) in [5, 5.41) is 7.24. The Labute approximate surface area is 165 Å². The molecule has 2 heterocycles. The Kier molecular flexibility index (Phi) is 5.07. The monoisotopic (exact) mass is 378 g/mol. The van der Waals surface area contributed by atoms with Gasteiger partial charge < -0.3 is 14.9 Å². The van der Waals surface area contributed by atoms with E-state index in [1.807, 2.05) is 30.3 Å². The van der Waals surface area contributed by atoms with E-state index in [2.05, 4.69) is 42.5 Å². The molecule has 0 fully saturated rings. The minimum atomic E-state index is -0.212. The number of nitrogens with zero attached hydrogens (tertiary/aromatic N) is 1. The molecule has 0 radical (unpaired) electrons. The van der Waals surface area contributed by atoms with Gasteiger partial charge in [-0.05, 0) is 40.3 Å². The molecule has 1 N–H and O–H groups in total. The highest BCUT2D eigenvalue weighted by atomic mass is 16.6. The van der Waals surface area contributed by atoms with Crippen molar-refractivity contribution in [3.63, 3.8) is 0 Å². The molecule has 146 valence electrons. The molecule has 1 unspecified atom stereocenters. The standard InChI is InChI=1S/C23H26N2O3/c1-23(2,18-6-4-3-5-7-18)14-22(26)24-15-19-13-20(25-28-19)16-8-9-21-17(12-16)10-11-27-21/h3-9,12,19H,10-11,13-15H2,1-2H3,(H,24,26). The molecule has 0 spiro atoms. The largest absolute Gasteiger partial charge is 0.493 e. The lowest BCUT2D eigenvalue weighted by Gasteiger charge is -2.24. The van der Waals surface area contributed by atoms with E-state index in [0.29, 0.717) is 19.4 Å². The lowest BCUT2D eigenvalue weighted by atomic mass is 9.81. The predicted octanol–water partition coefficient (Wildman–Crippen LogP) is 3.60. The van der Waals surface area contributed by atoms with Crippen molar-refractivity contribution < 1.29 is 14.4 Å². The van der Waals surface area contributed by atoms with Gasteiger partial charge in [0, 0.05) is 19.3 Å². The normalized spacial score (nSPS) is 18.1. The van der Waals surface area contributed by atoms with Crippen LogP contribution in [-0.2, 0) is 21.5 Å². The molecule has 2 aliphatic rings. The SMILES string of the molecule is CC(C)(CC(=O)NCC1CC(c2ccc3c(c2)CCO3)=NO1)c1ccccc1. The summed E-state index contributed by atoms with van der Waals surface area (Å²) in [7, 11) is 0. The molecule has 28 heavy (non-hydrogen) atoms. The van der Waals surface area contributed by atoms with Gasteiger partial charge in [0.1, 0.15) is 11.9 Å². The van der Waals surface area contributed by atoms with E-state index in [-0.39, 0.29) is 17.4 Å². The number of nitrogens with one attached hydrogen (secondary N) is 1. The lowest BCUT2D eigenvalue weighted by Crippen LogP contribution is -2.36. The number of fused-ring (bicyclic) bond motifs is 1. The van der Waals surface area contributed by atoms with Gasteiger partial charge in [-0.2, -0.15) is 0 Å². The summed E-state index contributed by atoms with van der Waals surface area (Å²) in [4.78, 5) is 18.0. The Morgan fingerprint density at radius 3 is 2.86 bits per heavy atom. The highest BCUT2D eigenvalue weighted by Crippen LogP contribution is 2.28. The highest BCUT2D eigenvalue weighted by molar-refractivity contribution is 6.01. The van der Waals surface area contributed by atoms with Crippen LogP contribution in [0.3, 0.4) is 0 Å². The van der Waals surface area contributed by atoms with Gasteiger partial charge in [0.15, 0.2) is 0 Å². The summed E-state index contributed by atoms with van der Waals surface area (Å²) in [6, 6.07) is 16.3. The second kappa shape index (κ2) is 7.66. The van der Waals surface area contributed by atoms with Crippen molar-refractivity contribution in [2.24, 2.45) is 5.16 Å². The Bertz CT molecular complexity index is 890. The van der Waals surface area contributed by atoms with Gasteiger partial charge in [-0.25, -0.2) is 0 Å². The van der Waals surface area contributed by atoms with Crippen LogP contribution in [0.5, 0.6) is 5.75 Å². The number of amides is 1. The number of rotatable bonds is 6. The third kappa shape index (κ3) is 4.03. The molecule has 5 heteroatoms. The van der Waals surface area contributed by atoms with Crippen LogP contribution < -0.4 is 10.1 Å². The first kappa shape index (κ1) is 18.5. The zero-order valence-corrected chi connectivity index (χ0v) is 16.4. The molecule has 0 aromatic heterocycles. The number of ether oxygens (including phenoxy) is 1. The molecular formula is C23H26N2O3. The Morgan fingerprint density at radius 2 is 2.04 bits per heavy atom. The van der Waals surface area contributed by atoms with Crippen molar-refractivity contribution in [3.8, 4) is 5.75 Å². The molecule has 0 saturated heterocycles. The van der Waals surface area contributed by atoms with Gasteiger partial charge in [0.2, 0.25) is 5.91 Å². The van der Waals surface area contributed by atoms with Crippen molar-refractivity contribution >= 4 is 11.6 Å². The molecule has 1 amide bonds. The van der Waals surface area contributed by atoms with Crippen LogP contribution >= 0.6 is 0 Å². The quantitative estimate of drug-likeness (QED) is 0.836. The van der Waals surface area contributed by atoms with E-state index in [1.54, 1.807) is 0 Å². The number of oxime groups is 1. The summed E-state index contributed by atoms with van der Waals surface area (Å²) in [5.74, 6) is 0.994. The van der Waals surface area contributed by atoms with E-state index in [1.165, 1.54) is 5.56 Å². The molecule has 1 atom stereocenters. The number of carbonyl (C=O) groups is 1. The average Bonchev–Trinajstić information content (AvgIpc) is 3.35. The minimum Gasteiger partial charge on any atom is -0.493 e. The number of carbonyl (C=O) groups excluding carboxylic acids is 1. The number of hydrogen-bond acceptors (Lipinski definition) is 4. The molecule has 2 aromatic rings. The van der Waals surface area contributed by atoms with E-state index in [4.69, 9.17) is 9.57 Å². The second-order valence-corrected chi connectivity index (χ2v) is 8.12. The lowest BCUT2D eigenvalue weighted by molar-refractivity contribution is -0.122. The zero-order chi connectivity index (χ0) is 19.6. The van der Waals surface area contributed by atoms with Gasteiger partial charge in [-0.1, -0.05) is 49.3 Å². The maximum absolute atomic E-state index is 12.5. The Morgan fingerprint density at radius 1 is 1.21 bits per heavy atom. The van der Waals surface area contributed by atoms with Crippen LogP contribution in [-0.4, -0.2) is 30.9 Å². The maximum atomic E-state index is 12.5. The molecule has 0 saturated carbocycles. The van der Waals surface area contributed by atoms with Crippen molar-refractivity contribution in [1.82, 2.24) is 5.32 Å². The van der Waals surface area contributed by atoms with Gasteiger partial charge in [0.05, 0.1) is 18.9 Å². The van der Waals surface area contributed by atoms with E-state index < -0.39 is 0 Å². The fourth-order valence-electron chi connectivity index (χ4n) is 3.76. The molecule has 0 aliphatic carbocycles. The van der Waals surface area contributed by atoms with E-state index in [9.17, 15) is 4.79 Å². The first-order valence-electron chi connectivity index (χ1n) is 9.82. The third-order valence-electron chi connectivity index (χ3n) is 5.44. The molecular weight excluding hydrogens is 352 g/mol. The fraction of sp³-hybridized carbons (Fsp3) is 0.391. The van der Waals surface area contributed by atoms with Crippen LogP contribution in [0.15, 0.2) is 53.7 Å². The Hall–Kier alpha value is -2.82. The molecule has 5 nitrogen and oxygen atoms in total. The maximum Gasteiger partial charge on any atom is 0.221 e. The number of hydrogen-bond donors (Lipinski definition) is 1. The first-order chi connectivity index (χ1) is 13.5. The highest BCUT2D eigenvalue weighted by Gasteiger charge is 2.27. The van der Waals surface area contributed by atoms with Gasteiger partial charge in [-0.3, -0.25) is 4.79 Å². The fourth-order valence-corrected chi connectivity index (χ4v) is 3.76. The number of benzene rings is 2. The van der Waals surface area contributed by atoms with E-state index in [0.717, 1.165) is 35.6 Å². The molecule has 2 aromatic carbocycles. The van der Waals surface area contributed by atoms with Crippen molar-refractivity contribution in [3.05, 3.63) is 65.2 Å². The Balaban J connectivity index is 1.28. The first-order valence-corrected chi connectivity index (χ1v) is 9.82. The van der Waals surface area contributed by atoms with Crippen LogP contribution in [0.2, 0.25) is 0 Å². The van der Waals surface area contributed by atoms with Gasteiger partial charge in [0.25, 0.3) is 0 Å². The van der Waals surface area contributed by atoms with Crippen molar-refractivity contribution in [1.29, 1.82) is 0 Å². The van der Waals surface area contributed by atoms with Gasteiger partial charge in [-0.15, -0.1) is 0 Å². The summed E-state index contributed by atoms with van der Waals surface area (Å²) in [6.45, 7) is 5.39. The van der Waals surface area contributed by atoms with Crippen LogP contribution in [0.1, 0.15) is 43.4 Å². The van der Waals surface area contributed by atoms with Crippen LogP contribution in [0, 0.1) is 0 Å². The van der Waals surface area contributed by atoms with Crippen molar-refractivity contribution in [2.45, 2.75) is 44.6 Å². The second-order valence-electron chi connectivity index (χ2n) is 8.12. The molecule has 2 aliphatic heterocycles. The average molecular weight is 378 g/mol. The summed E-state index contributed by atoms with van der Waals surface area (Å²) in [5.41, 5.74) is 4.17. The minimum absolute atomic E-state index is 0.0283. The molecule has 4 rings (SSSR count). The molecule has 0 bridgehead atoms. The van der Waals surface area contributed by atoms with Crippen LogP contribution in [0.25, 0.3) is 0 Å². The van der Waals surface area contributed by atoms with Gasteiger partial charge >= 0.3 is 0 Å². The zero-order valence-electron chi connectivity index (χ0n) is 16.4. The summed E-state index contributed by atoms with van der Waals surface area (Å²) in [6.07, 6.45) is 1.95. The predicted molar refractivity (Wildman–Crippen MR) is 109 cm³/mol. The topological polar surface area (TPSA) is 59.9 Å². The van der Waals surface area contributed by atoms with Crippen LogP contribution in [0.4, 0.5) is 0 Å².